The number of nitrogens with zero attached hydrogens (tertiary/aromatic N) is 1. The van der Waals surface area contributed by atoms with E-state index in [9.17, 15) is 0 Å². The average molecular weight is 173 g/mol. The number of aromatic nitrogens is 1. The van der Waals surface area contributed by atoms with Crippen LogP contribution in [0.5, 0.6) is 0 Å². The number of thiazole rings is 1. The molecule has 1 aromatic heterocycles. The molecule has 0 aliphatic rings. The first-order valence-corrected chi connectivity index (χ1v) is 5.50. The lowest BCUT2D eigenvalue weighted by molar-refractivity contribution is 1.16. The highest BCUT2D eigenvalue weighted by Gasteiger charge is 1.97. The van der Waals surface area contributed by atoms with Gasteiger partial charge in [-0.2, -0.15) is 11.8 Å². The van der Waals surface area contributed by atoms with Crippen LogP contribution in [0.1, 0.15) is 16.8 Å². The summed E-state index contributed by atoms with van der Waals surface area (Å²) in [5.41, 5.74) is 0. The van der Waals surface area contributed by atoms with Gasteiger partial charge in [0.15, 0.2) is 0 Å². The SMILES string of the molecule is CCc1cnc(CSC)s1. The Balaban J connectivity index is 2.59. The van der Waals surface area contributed by atoms with Crippen molar-refractivity contribution >= 4 is 23.1 Å². The van der Waals surface area contributed by atoms with Crippen molar-refractivity contribution in [2.75, 3.05) is 6.26 Å². The Hall–Kier alpha value is -0.0200. The minimum atomic E-state index is 1.06. The molecule has 0 amide bonds. The maximum absolute atomic E-state index is 4.27. The predicted molar refractivity (Wildman–Crippen MR) is 48.7 cm³/mol. The monoisotopic (exact) mass is 173 g/mol. The molecule has 0 saturated carbocycles. The largest absolute Gasteiger partial charge is 0.249 e. The zero-order chi connectivity index (χ0) is 7.40. The Labute approximate surface area is 69.9 Å². The van der Waals surface area contributed by atoms with Gasteiger partial charge >= 0.3 is 0 Å². The Morgan fingerprint density at radius 3 is 3.00 bits per heavy atom. The summed E-state index contributed by atoms with van der Waals surface area (Å²) >= 11 is 3.65. The lowest BCUT2D eigenvalue weighted by Crippen LogP contribution is -1.72. The van der Waals surface area contributed by atoms with E-state index in [-0.39, 0.29) is 0 Å². The number of hydrogen-bond donors (Lipinski definition) is 0. The summed E-state index contributed by atoms with van der Waals surface area (Å²) in [5, 5.41) is 1.25. The molecule has 0 aliphatic heterocycles. The second kappa shape index (κ2) is 3.98. The smallest absolute Gasteiger partial charge is 0.103 e. The van der Waals surface area contributed by atoms with Crippen LogP contribution < -0.4 is 0 Å². The van der Waals surface area contributed by atoms with Gasteiger partial charge in [-0.05, 0) is 12.7 Å². The van der Waals surface area contributed by atoms with Crippen LogP contribution in [0.25, 0.3) is 0 Å². The molecule has 1 rings (SSSR count). The zero-order valence-electron chi connectivity index (χ0n) is 6.26. The van der Waals surface area contributed by atoms with Crippen LogP contribution in [0.2, 0.25) is 0 Å². The van der Waals surface area contributed by atoms with Gasteiger partial charge in [0.25, 0.3) is 0 Å². The molecule has 0 atom stereocenters. The molecular weight excluding hydrogens is 162 g/mol. The molecule has 56 valence electrons. The van der Waals surface area contributed by atoms with Crippen molar-refractivity contribution in [3.63, 3.8) is 0 Å². The summed E-state index contributed by atoms with van der Waals surface area (Å²) < 4.78 is 0. The molecule has 3 heteroatoms. The fourth-order valence-electron chi connectivity index (χ4n) is 0.702. The van der Waals surface area contributed by atoms with Crippen LogP contribution in [-0.4, -0.2) is 11.2 Å². The summed E-state index contributed by atoms with van der Waals surface area (Å²) in [6.07, 6.45) is 5.20. The van der Waals surface area contributed by atoms with Gasteiger partial charge in [0.1, 0.15) is 5.01 Å². The second-order valence-electron chi connectivity index (χ2n) is 2.01. The topological polar surface area (TPSA) is 12.9 Å². The van der Waals surface area contributed by atoms with E-state index in [4.69, 9.17) is 0 Å². The molecule has 0 spiro atoms. The highest BCUT2D eigenvalue weighted by molar-refractivity contribution is 7.97. The van der Waals surface area contributed by atoms with Crippen LogP contribution in [0, 0.1) is 0 Å². The van der Waals surface area contributed by atoms with Gasteiger partial charge in [0.2, 0.25) is 0 Å². The Morgan fingerprint density at radius 1 is 1.70 bits per heavy atom. The van der Waals surface area contributed by atoms with Crippen molar-refractivity contribution in [1.29, 1.82) is 0 Å². The third-order valence-electron chi connectivity index (χ3n) is 1.22. The molecule has 0 fully saturated rings. The van der Waals surface area contributed by atoms with E-state index in [0.717, 1.165) is 12.2 Å². The van der Waals surface area contributed by atoms with Crippen molar-refractivity contribution in [2.24, 2.45) is 0 Å². The van der Waals surface area contributed by atoms with Gasteiger partial charge in [-0.1, -0.05) is 6.92 Å². The molecule has 0 aliphatic carbocycles. The molecule has 0 unspecified atom stereocenters. The van der Waals surface area contributed by atoms with E-state index in [1.54, 1.807) is 0 Å². The molecule has 0 bridgehead atoms. The highest BCUT2D eigenvalue weighted by Crippen LogP contribution is 2.17. The van der Waals surface area contributed by atoms with Crippen LogP contribution in [0.15, 0.2) is 6.20 Å². The summed E-state index contributed by atoms with van der Waals surface area (Å²) in [6, 6.07) is 0. The van der Waals surface area contributed by atoms with E-state index >= 15 is 0 Å². The maximum Gasteiger partial charge on any atom is 0.103 e. The van der Waals surface area contributed by atoms with E-state index in [1.807, 2.05) is 29.3 Å². The van der Waals surface area contributed by atoms with Crippen molar-refractivity contribution in [1.82, 2.24) is 4.98 Å². The Kier molecular flexibility index (Phi) is 3.22. The maximum atomic E-state index is 4.27. The van der Waals surface area contributed by atoms with Crippen molar-refractivity contribution < 1.29 is 0 Å². The predicted octanol–water partition coefficient (Wildman–Crippen LogP) is 2.57. The standard InChI is InChI=1S/C7H11NS2/c1-3-6-4-8-7(10-6)5-9-2/h4H,3,5H2,1-2H3. The van der Waals surface area contributed by atoms with Crippen LogP contribution >= 0.6 is 23.1 Å². The highest BCUT2D eigenvalue weighted by atomic mass is 32.2. The van der Waals surface area contributed by atoms with Gasteiger partial charge in [-0.3, -0.25) is 0 Å². The minimum absolute atomic E-state index is 1.06. The lowest BCUT2D eigenvalue weighted by Gasteiger charge is -1.86. The Bertz CT molecular complexity index is 195. The minimum Gasteiger partial charge on any atom is -0.249 e. The van der Waals surface area contributed by atoms with Gasteiger partial charge < -0.3 is 0 Å². The third kappa shape index (κ3) is 1.99. The van der Waals surface area contributed by atoms with Crippen LogP contribution in [0.3, 0.4) is 0 Å². The first-order valence-electron chi connectivity index (χ1n) is 3.29. The summed E-state index contributed by atoms with van der Waals surface area (Å²) in [5.74, 6) is 1.06. The van der Waals surface area contributed by atoms with E-state index in [2.05, 4.69) is 18.2 Å². The van der Waals surface area contributed by atoms with Crippen molar-refractivity contribution in [2.45, 2.75) is 19.1 Å². The Morgan fingerprint density at radius 2 is 2.50 bits per heavy atom. The van der Waals surface area contributed by atoms with Crippen molar-refractivity contribution in [3.05, 3.63) is 16.1 Å². The molecule has 0 radical (unpaired) electrons. The summed E-state index contributed by atoms with van der Waals surface area (Å²) in [4.78, 5) is 5.67. The third-order valence-corrected chi connectivity index (χ3v) is 3.10. The van der Waals surface area contributed by atoms with Gasteiger partial charge in [0, 0.05) is 16.8 Å². The van der Waals surface area contributed by atoms with Crippen molar-refractivity contribution in [3.8, 4) is 0 Å². The molecule has 1 heterocycles. The van der Waals surface area contributed by atoms with E-state index in [0.29, 0.717) is 0 Å². The molecule has 0 N–H and O–H groups in total. The molecule has 0 saturated heterocycles. The quantitative estimate of drug-likeness (QED) is 0.697. The summed E-state index contributed by atoms with van der Waals surface area (Å²) in [7, 11) is 0. The van der Waals surface area contributed by atoms with E-state index < -0.39 is 0 Å². The van der Waals surface area contributed by atoms with Gasteiger partial charge in [0.05, 0.1) is 0 Å². The zero-order valence-corrected chi connectivity index (χ0v) is 7.89. The van der Waals surface area contributed by atoms with Crippen LogP contribution in [-0.2, 0) is 12.2 Å². The number of hydrogen-bond acceptors (Lipinski definition) is 3. The van der Waals surface area contributed by atoms with Gasteiger partial charge in [-0.15, -0.1) is 11.3 Å². The summed E-state index contributed by atoms with van der Waals surface area (Å²) in [6.45, 7) is 2.16. The first kappa shape index (κ1) is 8.08. The first-order chi connectivity index (χ1) is 4.86. The lowest BCUT2D eigenvalue weighted by atomic mass is 10.4. The van der Waals surface area contributed by atoms with E-state index in [1.165, 1.54) is 9.88 Å². The van der Waals surface area contributed by atoms with Crippen LogP contribution in [0.4, 0.5) is 0 Å². The number of thioether (sulfide) groups is 1. The fourth-order valence-corrected chi connectivity index (χ4v) is 2.27. The molecule has 0 aromatic carbocycles. The molecule has 10 heavy (non-hydrogen) atoms. The molecule has 1 aromatic rings. The normalized spacial score (nSPS) is 10.2. The fraction of sp³-hybridized carbons (Fsp3) is 0.571. The molecular formula is C7H11NS2. The number of aryl methyl sites for hydroxylation is 1. The van der Waals surface area contributed by atoms with Gasteiger partial charge in [-0.25, -0.2) is 4.98 Å². The molecule has 1 nitrogen and oxygen atoms in total. The number of rotatable bonds is 3. The second-order valence-corrected chi connectivity index (χ2v) is 4.07. The average Bonchev–Trinajstić information content (AvgIpc) is 2.37.